The van der Waals surface area contributed by atoms with Crippen LogP contribution < -0.4 is 0 Å². The molecule has 3 aliphatic rings. The lowest BCUT2D eigenvalue weighted by molar-refractivity contribution is -0.167. The topological polar surface area (TPSA) is 63.6 Å². The zero-order valence-electron chi connectivity index (χ0n) is 11.4. The minimum Gasteiger partial charge on any atom is -0.477 e. The summed E-state index contributed by atoms with van der Waals surface area (Å²) >= 11 is 1.24. The number of rotatable bonds is 1. The second-order valence-corrected chi connectivity index (χ2v) is 7.89. The molecule has 104 valence electrons. The fourth-order valence-electron chi connectivity index (χ4n) is 4.30. The zero-order valence-corrected chi connectivity index (χ0v) is 12.2. The number of ether oxygens (including phenoxy) is 1. The van der Waals surface area contributed by atoms with Crippen LogP contribution in [0.5, 0.6) is 0 Å². The maximum absolute atomic E-state index is 11.9. The van der Waals surface area contributed by atoms with E-state index >= 15 is 0 Å². The Morgan fingerprint density at radius 2 is 2.16 bits per heavy atom. The van der Waals surface area contributed by atoms with Gasteiger partial charge < -0.3 is 9.84 Å². The molecule has 5 heteroatoms. The van der Waals surface area contributed by atoms with Crippen molar-refractivity contribution in [2.45, 2.75) is 45.0 Å². The molecule has 2 bridgehead atoms. The first-order valence-corrected chi connectivity index (χ1v) is 7.40. The summed E-state index contributed by atoms with van der Waals surface area (Å²) in [5.74, 6) is -1.06. The van der Waals surface area contributed by atoms with Crippen LogP contribution in [0.1, 0.15) is 40.0 Å². The first kappa shape index (κ1) is 13.0. The molecule has 0 saturated heterocycles. The minimum absolute atomic E-state index is 0.109. The van der Waals surface area contributed by atoms with E-state index in [1.54, 1.807) is 0 Å². The van der Waals surface area contributed by atoms with E-state index in [0.717, 1.165) is 25.3 Å². The lowest BCUT2D eigenvalue weighted by Crippen LogP contribution is -2.55. The molecule has 4 nitrogen and oxygen atoms in total. The molecule has 0 aromatic heterocycles. The molecular formula is C14H18O4S. The Labute approximate surface area is 116 Å². The van der Waals surface area contributed by atoms with Crippen molar-refractivity contribution in [2.24, 2.45) is 16.7 Å². The molecule has 19 heavy (non-hydrogen) atoms. The van der Waals surface area contributed by atoms with Crippen LogP contribution in [0.15, 0.2) is 11.0 Å². The summed E-state index contributed by atoms with van der Waals surface area (Å²) in [6.45, 7) is 6.34. The van der Waals surface area contributed by atoms with Gasteiger partial charge in [-0.15, -0.1) is 0 Å². The number of carbonyl (C=O) groups is 2. The number of fused-ring (bicyclic) bond motifs is 3. The molecule has 0 amide bonds. The van der Waals surface area contributed by atoms with Crippen LogP contribution in [0, 0.1) is 16.7 Å². The number of carboxylic acid groups (broad SMARTS) is 1. The largest absolute Gasteiger partial charge is 0.477 e. The molecule has 3 rings (SSSR count). The highest BCUT2D eigenvalue weighted by Gasteiger charge is 2.73. The van der Waals surface area contributed by atoms with Gasteiger partial charge in [-0.2, -0.15) is 0 Å². The van der Waals surface area contributed by atoms with Crippen molar-refractivity contribution < 1.29 is 19.4 Å². The highest BCUT2D eigenvalue weighted by atomic mass is 32.2. The number of hydrogen-bond acceptors (Lipinski definition) is 4. The predicted molar refractivity (Wildman–Crippen MR) is 71.4 cm³/mol. The summed E-state index contributed by atoms with van der Waals surface area (Å²) < 4.78 is 5.75. The van der Waals surface area contributed by atoms with Crippen molar-refractivity contribution in [1.82, 2.24) is 0 Å². The lowest BCUT2D eigenvalue weighted by atomic mass is 9.69. The Balaban J connectivity index is 2.11. The number of thioether (sulfide) groups is 1. The Hall–Kier alpha value is -0.970. The summed E-state index contributed by atoms with van der Waals surface area (Å²) in [6, 6.07) is 0. The molecule has 3 atom stereocenters. The summed E-state index contributed by atoms with van der Waals surface area (Å²) in [7, 11) is 0. The van der Waals surface area contributed by atoms with Crippen LogP contribution in [-0.2, 0) is 14.3 Å². The third kappa shape index (κ3) is 1.42. The molecule has 2 fully saturated rings. The minimum atomic E-state index is -1.04. The Kier molecular flexibility index (Phi) is 2.45. The Bertz CT molecular complexity index is 503. The standard InChI is InChI=1S/C14H18O4S/c1-12(2)8-4-5-13(3,7-8)14(12)18-10(15)6-9(19-14)11(16)17/h6,8H,4-5,7H2,1-3H3,(H,16,17)/t8?,13?,14-/m1/s1. The normalized spacial score (nSPS) is 43.2. The summed E-state index contributed by atoms with van der Waals surface area (Å²) in [5.41, 5.74) is -0.328. The van der Waals surface area contributed by atoms with E-state index in [1.165, 1.54) is 11.8 Å². The molecule has 2 saturated carbocycles. The van der Waals surface area contributed by atoms with Crippen molar-refractivity contribution in [3.05, 3.63) is 11.0 Å². The van der Waals surface area contributed by atoms with E-state index in [0.29, 0.717) is 5.92 Å². The van der Waals surface area contributed by atoms with Crippen LogP contribution in [0.2, 0.25) is 0 Å². The van der Waals surface area contributed by atoms with Gasteiger partial charge >= 0.3 is 11.9 Å². The predicted octanol–water partition coefficient (Wildman–Crippen LogP) is 2.79. The fraction of sp³-hybridized carbons (Fsp3) is 0.714. The van der Waals surface area contributed by atoms with E-state index in [2.05, 4.69) is 20.8 Å². The third-order valence-corrected chi connectivity index (χ3v) is 7.26. The maximum Gasteiger partial charge on any atom is 0.342 e. The first-order chi connectivity index (χ1) is 8.72. The molecular weight excluding hydrogens is 264 g/mol. The fourth-order valence-corrected chi connectivity index (χ4v) is 5.84. The summed E-state index contributed by atoms with van der Waals surface area (Å²) in [5, 5.41) is 9.23. The number of carbonyl (C=O) groups excluding carboxylic acids is 1. The number of aliphatic carboxylic acids is 1. The number of carboxylic acids is 1. The van der Waals surface area contributed by atoms with E-state index in [-0.39, 0.29) is 15.7 Å². The second kappa shape index (κ2) is 3.57. The van der Waals surface area contributed by atoms with Gasteiger partial charge in [-0.05, 0) is 25.2 Å². The van der Waals surface area contributed by atoms with Crippen molar-refractivity contribution >= 4 is 23.7 Å². The van der Waals surface area contributed by atoms with Gasteiger partial charge in [-0.1, -0.05) is 32.5 Å². The zero-order chi connectivity index (χ0) is 14.1. The van der Waals surface area contributed by atoms with Gasteiger partial charge in [0.1, 0.15) is 4.91 Å². The maximum atomic E-state index is 11.9. The molecule has 0 aromatic rings. The highest BCUT2D eigenvalue weighted by molar-refractivity contribution is 8.05. The Morgan fingerprint density at radius 3 is 2.68 bits per heavy atom. The molecule has 1 heterocycles. The average Bonchev–Trinajstić information content (AvgIpc) is 2.77. The van der Waals surface area contributed by atoms with Gasteiger partial charge in [0, 0.05) is 16.9 Å². The first-order valence-electron chi connectivity index (χ1n) is 6.59. The van der Waals surface area contributed by atoms with Gasteiger partial charge in [0.2, 0.25) is 0 Å². The van der Waals surface area contributed by atoms with Crippen molar-refractivity contribution in [3.8, 4) is 0 Å². The summed E-state index contributed by atoms with van der Waals surface area (Å²) in [6.07, 6.45) is 4.24. The van der Waals surface area contributed by atoms with Gasteiger partial charge in [0.05, 0.1) is 0 Å². The van der Waals surface area contributed by atoms with Gasteiger partial charge in [0.25, 0.3) is 0 Å². The number of hydrogen-bond donors (Lipinski definition) is 1. The van der Waals surface area contributed by atoms with Crippen LogP contribution in [-0.4, -0.2) is 22.0 Å². The third-order valence-electron chi connectivity index (χ3n) is 5.36. The van der Waals surface area contributed by atoms with E-state index in [1.807, 2.05) is 0 Å². The van der Waals surface area contributed by atoms with E-state index in [9.17, 15) is 14.7 Å². The quantitative estimate of drug-likeness (QED) is 0.749. The van der Waals surface area contributed by atoms with Crippen LogP contribution in [0.4, 0.5) is 0 Å². The molecule has 1 aliphatic heterocycles. The number of esters is 1. The van der Waals surface area contributed by atoms with Crippen LogP contribution in [0.25, 0.3) is 0 Å². The van der Waals surface area contributed by atoms with Crippen molar-refractivity contribution in [1.29, 1.82) is 0 Å². The van der Waals surface area contributed by atoms with E-state index in [4.69, 9.17) is 4.74 Å². The second-order valence-electron chi connectivity index (χ2n) is 6.68. The molecule has 2 aliphatic carbocycles. The Morgan fingerprint density at radius 1 is 1.47 bits per heavy atom. The molecule has 0 radical (unpaired) electrons. The van der Waals surface area contributed by atoms with Crippen LogP contribution in [0.3, 0.4) is 0 Å². The van der Waals surface area contributed by atoms with Gasteiger partial charge in [0.15, 0.2) is 4.93 Å². The monoisotopic (exact) mass is 282 g/mol. The van der Waals surface area contributed by atoms with E-state index < -0.39 is 16.9 Å². The summed E-state index contributed by atoms with van der Waals surface area (Å²) in [4.78, 5) is 22.5. The average molecular weight is 282 g/mol. The molecule has 1 spiro atoms. The van der Waals surface area contributed by atoms with Crippen molar-refractivity contribution in [2.75, 3.05) is 0 Å². The molecule has 2 unspecified atom stereocenters. The van der Waals surface area contributed by atoms with Crippen LogP contribution >= 0.6 is 11.8 Å². The molecule has 1 N–H and O–H groups in total. The van der Waals surface area contributed by atoms with Gasteiger partial charge in [-0.25, -0.2) is 9.59 Å². The highest BCUT2D eigenvalue weighted by Crippen LogP contribution is 2.74. The van der Waals surface area contributed by atoms with Crippen molar-refractivity contribution in [3.63, 3.8) is 0 Å². The van der Waals surface area contributed by atoms with Gasteiger partial charge in [-0.3, -0.25) is 0 Å². The lowest BCUT2D eigenvalue weighted by Gasteiger charge is -2.53. The smallest absolute Gasteiger partial charge is 0.342 e. The molecule has 0 aromatic carbocycles. The SMILES string of the molecule is CC12CCC(C1)C(C)(C)[C@]21OC(=O)C=C(C(=O)O)S1.